The summed E-state index contributed by atoms with van der Waals surface area (Å²) in [5, 5.41) is 0. The first-order valence-electron chi connectivity index (χ1n) is 6.03. The molecule has 16 heavy (non-hydrogen) atoms. The third-order valence-corrected chi connectivity index (χ3v) is 2.66. The molecule has 1 atom stereocenters. The fourth-order valence-corrected chi connectivity index (χ4v) is 1.74. The molecule has 0 aliphatic carbocycles. The molecule has 4 heteroatoms. The number of rotatable bonds is 7. The molecule has 0 bridgehead atoms. The Morgan fingerprint density at radius 1 is 1.50 bits per heavy atom. The lowest BCUT2D eigenvalue weighted by atomic mass is 10.1. The van der Waals surface area contributed by atoms with Crippen molar-refractivity contribution in [3.63, 3.8) is 0 Å². The van der Waals surface area contributed by atoms with Crippen LogP contribution in [0.1, 0.15) is 25.6 Å². The maximum Gasteiger partial charge on any atom is 0.110 e. The van der Waals surface area contributed by atoms with Crippen LogP contribution in [0.4, 0.5) is 0 Å². The van der Waals surface area contributed by atoms with Gasteiger partial charge in [-0.2, -0.15) is 0 Å². The summed E-state index contributed by atoms with van der Waals surface area (Å²) in [6.45, 7) is 4.25. The Bertz CT molecular complexity index is 293. The van der Waals surface area contributed by atoms with Crippen molar-refractivity contribution in [2.75, 3.05) is 20.6 Å². The molecule has 1 rings (SSSR count). The summed E-state index contributed by atoms with van der Waals surface area (Å²) in [6, 6.07) is 0.209. The topological polar surface area (TPSA) is 47.1 Å². The van der Waals surface area contributed by atoms with E-state index in [2.05, 4.69) is 35.5 Å². The van der Waals surface area contributed by atoms with Gasteiger partial charge in [0.15, 0.2) is 0 Å². The first-order valence-corrected chi connectivity index (χ1v) is 6.03. The zero-order chi connectivity index (χ0) is 12.0. The lowest BCUT2D eigenvalue weighted by Crippen LogP contribution is -2.29. The Labute approximate surface area is 98.5 Å². The van der Waals surface area contributed by atoms with E-state index in [0.717, 1.165) is 38.2 Å². The van der Waals surface area contributed by atoms with Crippen LogP contribution in [0.5, 0.6) is 0 Å². The van der Waals surface area contributed by atoms with Crippen LogP contribution in [0.25, 0.3) is 0 Å². The quantitative estimate of drug-likeness (QED) is 0.755. The van der Waals surface area contributed by atoms with E-state index in [1.54, 1.807) is 0 Å². The highest BCUT2D eigenvalue weighted by Crippen LogP contribution is 2.04. The lowest BCUT2D eigenvalue weighted by molar-refractivity contribution is 0.377. The molecular formula is C12H24N4. The predicted molar refractivity (Wildman–Crippen MR) is 67.4 cm³/mol. The number of hydrogen-bond donors (Lipinski definition) is 1. The number of hydrogen-bond acceptors (Lipinski definition) is 3. The van der Waals surface area contributed by atoms with Crippen LogP contribution in [0.2, 0.25) is 0 Å². The number of aryl methyl sites for hydroxylation is 1. The van der Waals surface area contributed by atoms with Gasteiger partial charge in [0.2, 0.25) is 0 Å². The summed E-state index contributed by atoms with van der Waals surface area (Å²) in [4.78, 5) is 6.54. The highest BCUT2D eigenvalue weighted by Gasteiger charge is 2.09. The van der Waals surface area contributed by atoms with Crippen LogP contribution in [0.3, 0.4) is 0 Å². The predicted octanol–water partition coefficient (Wildman–Crippen LogP) is 1.11. The fourth-order valence-electron chi connectivity index (χ4n) is 1.74. The summed E-state index contributed by atoms with van der Waals surface area (Å²) >= 11 is 0. The summed E-state index contributed by atoms with van der Waals surface area (Å²) in [7, 11) is 4.15. The third-order valence-electron chi connectivity index (χ3n) is 2.66. The van der Waals surface area contributed by atoms with Gasteiger partial charge in [-0.25, -0.2) is 4.98 Å². The first-order chi connectivity index (χ1) is 7.63. The Kier molecular flexibility index (Phi) is 5.49. The van der Waals surface area contributed by atoms with Gasteiger partial charge in [-0.15, -0.1) is 0 Å². The van der Waals surface area contributed by atoms with Gasteiger partial charge in [-0.1, -0.05) is 6.92 Å². The van der Waals surface area contributed by atoms with Crippen LogP contribution in [-0.2, 0) is 13.0 Å². The summed E-state index contributed by atoms with van der Waals surface area (Å²) < 4.78 is 2.20. The van der Waals surface area contributed by atoms with Crippen LogP contribution >= 0.6 is 0 Å². The molecule has 1 aromatic heterocycles. The van der Waals surface area contributed by atoms with Crippen molar-refractivity contribution in [1.29, 1.82) is 0 Å². The summed E-state index contributed by atoms with van der Waals surface area (Å²) in [5.74, 6) is 1.12. The van der Waals surface area contributed by atoms with Crippen molar-refractivity contribution < 1.29 is 0 Å². The van der Waals surface area contributed by atoms with Gasteiger partial charge in [0.25, 0.3) is 0 Å². The van der Waals surface area contributed by atoms with Crippen molar-refractivity contribution in [2.24, 2.45) is 5.73 Å². The van der Waals surface area contributed by atoms with Crippen LogP contribution in [0, 0.1) is 0 Å². The molecule has 2 N–H and O–H groups in total. The molecular weight excluding hydrogens is 200 g/mol. The average Bonchev–Trinajstić information content (AvgIpc) is 2.63. The van der Waals surface area contributed by atoms with Crippen LogP contribution < -0.4 is 5.73 Å². The number of nitrogens with two attached hydrogens (primary N) is 1. The Balaban J connectivity index is 2.42. The first kappa shape index (κ1) is 13.2. The van der Waals surface area contributed by atoms with Crippen molar-refractivity contribution in [3.05, 3.63) is 18.2 Å². The average molecular weight is 224 g/mol. The van der Waals surface area contributed by atoms with E-state index < -0.39 is 0 Å². The maximum absolute atomic E-state index is 6.10. The van der Waals surface area contributed by atoms with E-state index in [-0.39, 0.29) is 6.04 Å². The SMILES string of the molecule is CCCn1ccnc1CC(N)CCN(C)C. The van der Waals surface area contributed by atoms with E-state index in [0.29, 0.717) is 0 Å². The zero-order valence-corrected chi connectivity index (χ0v) is 10.7. The molecule has 1 aromatic rings. The normalized spacial score (nSPS) is 13.3. The van der Waals surface area contributed by atoms with Crippen LogP contribution in [-0.4, -0.2) is 41.1 Å². The molecule has 4 nitrogen and oxygen atoms in total. The van der Waals surface area contributed by atoms with Gasteiger partial charge in [0.05, 0.1) is 0 Å². The molecule has 1 heterocycles. The van der Waals surface area contributed by atoms with Crippen molar-refractivity contribution in [1.82, 2.24) is 14.5 Å². The minimum atomic E-state index is 0.209. The maximum atomic E-state index is 6.10. The van der Waals surface area contributed by atoms with E-state index in [9.17, 15) is 0 Å². The van der Waals surface area contributed by atoms with Crippen LogP contribution in [0.15, 0.2) is 12.4 Å². The van der Waals surface area contributed by atoms with Crippen molar-refractivity contribution >= 4 is 0 Å². The second-order valence-electron chi connectivity index (χ2n) is 4.59. The molecule has 0 spiro atoms. The highest BCUT2D eigenvalue weighted by molar-refractivity contribution is 4.95. The molecule has 0 saturated carbocycles. The Morgan fingerprint density at radius 3 is 2.88 bits per heavy atom. The second kappa shape index (κ2) is 6.66. The standard InChI is InChI=1S/C12H24N4/c1-4-7-16-9-6-14-12(16)10-11(13)5-8-15(2)3/h6,9,11H,4-5,7-8,10,13H2,1-3H3. The molecule has 1 unspecified atom stereocenters. The summed E-state index contributed by atoms with van der Waals surface area (Å²) in [5.41, 5.74) is 6.10. The van der Waals surface area contributed by atoms with E-state index >= 15 is 0 Å². The highest BCUT2D eigenvalue weighted by atomic mass is 15.1. The molecule has 0 saturated heterocycles. The van der Waals surface area contributed by atoms with Gasteiger partial charge < -0.3 is 15.2 Å². The number of nitrogens with zero attached hydrogens (tertiary/aromatic N) is 3. The Morgan fingerprint density at radius 2 is 2.25 bits per heavy atom. The fraction of sp³-hybridized carbons (Fsp3) is 0.750. The number of aromatic nitrogens is 2. The van der Waals surface area contributed by atoms with Gasteiger partial charge in [0.1, 0.15) is 5.82 Å². The third kappa shape index (κ3) is 4.33. The minimum Gasteiger partial charge on any atom is -0.335 e. The largest absolute Gasteiger partial charge is 0.335 e. The smallest absolute Gasteiger partial charge is 0.110 e. The van der Waals surface area contributed by atoms with E-state index in [1.165, 1.54) is 0 Å². The van der Waals surface area contributed by atoms with Gasteiger partial charge in [-0.3, -0.25) is 0 Å². The summed E-state index contributed by atoms with van der Waals surface area (Å²) in [6.07, 6.45) is 6.93. The molecule has 92 valence electrons. The van der Waals surface area contributed by atoms with Gasteiger partial charge >= 0.3 is 0 Å². The monoisotopic (exact) mass is 224 g/mol. The lowest BCUT2D eigenvalue weighted by Gasteiger charge is -2.15. The Hall–Kier alpha value is -0.870. The molecule has 0 amide bonds. The van der Waals surface area contributed by atoms with E-state index in [1.807, 2.05) is 12.4 Å². The zero-order valence-electron chi connectivity index (χ0n) is 10.7. The van der Waals surface area contributed by atoms with Crippen molar-refractivity contribution in [2.45, 2.75) is 38.8 Å². The number of imidazole rings is 1. The van der Waals surface area contributed by atoms with Gasteiger partial charge in [0, 0.05) is 31.4 Å². The molecule has 0 radical (unpaired) electrons. The molecule has 0 fully saturated rings. The van der Waals surface area contributed by atoms with Crippen molar-refractivity contribution in [3.8, 4) is 0 Å². The molecule has 0 aliphatic heterocycles. The molecule has 0 aromatic carbocycles. The van der Waals surface area contributed by atoms with Gasteiger partial charge in [-0.05, 0) is 33.5 Å². The second-order valence-corrected chi connectivity index (χ2v) is 4.59. The molecule has 0 aliphatic rings. The van der Waals surface area contributed by atoms with E-state index in [4.69, 9.17) is 5.73 Å². The minimum absolute atomic E-state index is 0.209.